The minimum atomic E-state index is -0.482. The second-order valence-corrected chi connectivity index (χ2v) is 3.41. The van der Waals surface area contributed by atoms with Gasteiger partial charge in [-0.1, -0.05) is 0 Å². The van der Waals surface area contributed by atoms with E-state index in [1.807, 2.05) is 0 Å². The van der Waals surface area contributed by atoms with E-state index in [1.165, 1.54) is 0 Å². The lowest BCUT2D eigenvalue weighted by molar-refractivity contribution is -0.133. The second kappa shape index (κ2) is 4.93. The Labute approximate surface area is 82.5 Å². The molecule has 0 aromatic rings. The van der Waals surface area contributed by atoms with E-state index in [4.69, 9.17) is 0 Å². The Kier molecular flexibility index (Phi) is 3.85. The van der Waals surface area contributed by atoms with Gasteiger partial charge in [-0.25, -0.2) is 0 Å². The fourth-order valence-electron chi connectivity index (χ4n) is 1.47. The molecule has 0 aliphatic carbocycles. The molecule has 2 amide bonds. The van der Waals surface area contributed by atoms with E-state index in [0.29, 0.717) is 25.9 Å². The van der Waals surface area contributed by atoms with Crippen molar-refractivity contribution in [3.05, 3.63) is 0 Å². The van der Waals surface area contributed by atoms with Gasteiger partial charge in [-0.2, -0.15) is 0 Å². The zero-order valence-electron chi connectivity index (χ0n) is 8.25. The predicted molar refractivity (Wildman–Crippen MR) is 49.4 cm³/mol. The Morgan fingerprint density at radius 1 is 1.57 bits per heavy atom. The molecular weight excluding hydrogens is 187 g/mol. The van der Waals surface area contributed by atoms with Crippen LogP contribution in [0.15, 0.2) is 0 Å². The zero-order chi connectivity index (χ0) is 10.6. The highest BCUT2D eigenvalue weighted by atomic mass is 19.1. The van der Waals surface area contributed by atoms with Crippen LogP contribution in [0.3, 0.4) is 0 Å². The van der Waals surface area contributed by atoms with Gasteiger partial charge in [0, 0.05) is 19.5 Å². The Hall–Kier alpha value is -1.13. The number of rotatable bonds is 3. The first-order valence-electron chi connectivity index (χ1n) is 4.79. The van der Waals surface area contributed by atoms with E-state index in [1.54, 1.807) is 11.8 Å². The number of carbonyl (C=O) groups excluding carboxylic acids is 2. The van der Waals surface area contributed by atoms with E-state index in [0.717, 1.165) is 0 Å². The summed E-state index contributed by atoms with van der Waals surface area (Å²) in [6.45, 7) is 2.01. The number of nitrogens with zero attached hydrogens (tertiary/aromatic N) is 1. The largest absolute Gasteiger partial charge is 0.345 e. The first-order chi connectivity index (χ1) is 6.65. The van der Waals surface area contributed by atoms with Gasteiger partial charge in [0.05, 0.1) is 6.67 Å². The van der Waals surface area contributed by atoms with Crippen molar-refractivity contribution in [2.75, 3.05) is 19.8 Å². The fraction of sp³-hybridized carbons (Fsp3) is 0.778. The van der Waals surface area contributed by atoms with Crippen LogP contribution in [0.4, 0.5) is 4.39 Å². The number of carbonyl (C=O) groups is 2. The molecule has 0 aromatic heterocycles. The van der Waals surface area contributed by atoms with Crippen LogP contribution in [-0.4, -0.2) is 42.5 Å². The molecule has 1 rings (SSSR count). The molecule has 80 valence electrons. The summed E-state index contributed by atoms with van der Waals surface area (Å²) in [6.07, 6.45) is 0.648. The second-order valence-electron chi connectivity index (χ2n) is 3.41. The fourth-order valence-corrected chi connectivity index (χ4v) is 1.47. The highest BCUT2D eigenvalue weighted by molar-refractivity contribution is 5.89. The molecule has 1 N–H and O–H groups in total. The lowest BCUT2D eigenvalue weighted by atomic mass is 10.3. The van der Waals surface area contributed by atoms with Gasteiger partial charge in [-0.05, 0) is 13.3 Å². The summed E-state index contributed by atoms with van der Waals surface area (Å²) in [4.78, 5) is 24.2. The first-order valence-corrected chi connectivity index (χ1v) is 4.79. The molecule has 1 saturated heterocycles. The molecular formula is C9H15FN2O2. The van der Waals surface area contributed by atoms with Crippen LogP contribution < -0.4 is 5.32 Å². The van der Waals surface area contributed by atoms with Gasteiger partial charge in [0.15, 0.2) is 0 Å². The van der Waals surface area contributed by atoms with Gasteiger partial charge in [-0.3, -0.25) is 14.0 Å². The van der Waals surface area contributed by atoms with Crippen LogP contribution in [-0.2, 0) is 9.59 Å². The summed E-state index contributed by atoms with van der Waals surface area (Å²) < 4.78 is 11.9. The molecule has 1 atom stereocenters. The predicted octanol–water partition coefficient (Wildman–Crippen LogP) is 0.0830. The number of nitrogens with one attached hydrogen (secondary N) is 1. The number of amides is 2. The Morgan fingerprint density at radius 2 is 2.29 bits per heavy atom. The molecule has 1 fully saturated rings. The minimum absolute atomic E-state index is 0.117. The lowest BCUT2D eigenvalue weighted by Crippen LogP contribution is -2.43. The van der Waals surface area contributed by atoms with Crippen LogP contribution in [0.25, 0.3) is 0 Å². The monoisotopic (exact) mass is 202 g/mol. The Balaban J connectivity index is 2.56. The molecule has 0 aromatic carbocycles. The minimum Gasteiger partial charge on any atom is -0.345 e. The van der Waals surface area contributed by atoms with E-state index >= 15 is 0 Å². The summed E-state index contributed by atoms with van der Waals surface area (Å²) in [5, 5.41) is 2.57. The number of halogens is 1. The summed E-state index contributed by atoms with van der Waals surface area (Å²) in [7, 11) is 0. The van der Waals surface area contributed by atoms with Crippen molar-refractivity contribution in [3.63, 3.8) is 0 Å². The molecule has 1 aliphatic rings. The van der Waals surface area contributed by atoms with Crippen molar-refractivity contribution in [1.29, 1.82) is 0 Å². The zero-order valence-corrected chi connectivity index (χ0v) is 8.25. The highest BCUT2D eigenvalue weighted by Gasteiger charge is 2.25. The van der Waals surface area contributed by atoms with Crippen molar-refractivity contribution in [3.8, 4) is 0 Å². The van der Waals surface area contributed by atoms with Crippen molar-refractivity contribution in [2.45, 2.75) is 25.8 Å². The van der Waals surface area contributed by atoms with Gasteiger partial charge < -0.3 is 10.2 Å². The van der Waals surface area contributed by atoms with Crippen molar-refractivity contribution < 1.29 is 14.0 Å². The van der Waals surface area contributed by atoms with E-state index in [2.05, 4.69) is 5.32 Å². The maximum Gasteiger partial charge on any atom is 0.244 e. The van der Waals surface area contributed by atoms with E-state index in [9.17, 15) is 14.0 Å². The third kappa shape index (κ3) is 2.68. The highest BCUT2D eigenvalue weighted by Crippen LogP contribution is 2.04. The smallest absolute Gasteiger partial charge is 0.244 e. The average Bonchev–Trinajstić information content (AvgIpc) is 2.26. The van der Waals surface area contributed by atoms with Gasteiger partial charge in [0.1, 0.15) is 6.04 Å². The molecule has 0 saturated carbocycles. The van der Waals surface area contributed by atoms with Crippen LogP contribution in [0.1, 0.15) is 19.8 Å². The maximum absolute atomic E-state index is 11.9. The van der Waals surface area contributed by atoms with E-state index < -0.39 is 12.7 Å². The molecule has 4 nitrogen and oxygen atoms in total. The topological polar surface area (TPSA) is 49.4 Å². The Morgan fingerprint density at radius 3 is 2.93 bits per heavy atom. The maximum atomic E-state index is 11.9. The average molecular weight is 202 g/mol. The first kappa shape index (κ1) is 10.9. The third-order valence-electron chi connectivity index (χ3n) is 2.23. The van der Waals surface area contributed by atoms with Gasteiger partial charge in [0.2, 0.25) is 11.8 Å². The number of hydrogen-bond acceptors (Lipinski definition) is 2. The molecule has 1 heterocycles. The molecule has 14 heavy (non-hydrogen) atoms. The number of alkyl halides is 1. The van der Waals surface area contributed by atoms with Crippen LogP contribution >= 0.6 is 0 Å². The van der Waals surface area contributed by atoms with Crippen molar-refractivity contribution in [2.24, 2.45) is 0 Å². The van der Waals surface area contributed by atoms with Crippen LogP contribution in [0.2, 0.25) is 0 Å². The van der Waals surface area contributed by atoms with Crippen molar-refractivity contribution >= 4 is 11.8 Å². The lowest BCUT2D eigenvalue weighted by Gasteiger charge is -2.21. The molecule has 0 radical (unpaired) electrons. The summed E-state index contributed by atoms with van der Waals surface area (Å²) in [5.74, 6) is -0.238. The standard InChI is InChI=1S/C9H15FN2O2/c1-7-9(14)12(5-2-4-10)6-3-8(13)11-7/h7H,2-6H2,1H3,(H,11,13). The van der Waals surface area contributed by atoms with Gasteiger partial charge >= 0.3 is 0 Å². The Bertz CT molecular complexity index is 233. The third-order valence-corrected chi connectivity index (χ3v) is 2.23. The van der Waals surface area contributed by atoms with Gasteiger partial charge in [-0.15, -0.1) is 0 Å². The quantitative estimate of drug-likeness (QED) is 0.704. The van der Waals surface area contributed by atoms with Gasteiger partial charge in [0.25, 0.3) is 0 Å². The number of hydrogen-bond donors (Lipinski definition) is 1. The summed E-state index contributed by atoms with van der Waals surface area (Å²) in [6, 6.07) is -0.482. The molecule has 0 spiro atoms. The normalized spacial score (nSPS) is 23.3. The van der Waals surface area contributed by atoms with Crippen LogP contribution in [0.5, 0.6) is 0 Å². The van der Waals surface area contributed by atoms with Crippen LogP contribution in [0, 0.1) is 0 Å². The van der Waals surface area contributed by atoms with E-state index in [-0.39, 0.29) is 11.8 Å². The molecule has 1 unspecified atom stereocenters. The van der Waals surface area contributed by atoms with Crippen molar-refractivity contribution in [1.82, 2.24) is 10.2 Å². The molecule has 5 heteroatoms. The molecule has 1 aliphatic heterocycles. The summed E-state index contributed by atoms with van der Waals surface area (Å²) >= 11 is 0. The SMILES string of the molecule is CC1NC(=O)CCN(CCCF)C1=O. The molecule has 0 bridgehead atoms. The summed E-state index contributed by atoms with van der Waals surface area (Å²) in [5.41, 5.74) is 0.